The van der Waals surface area contributed by atoms with Crippen molar-refractivity contribution in [3.05, 3.63) is 0 Å². The first-order valence-corrected chi connectivity index (χ1v) is 12.1. The Hall–Kier alpha value is 0. The van der Waals surface area contributed by atoms with E-state index in [0.29, 0.717) is 10.8 Å². The maximum atomic E-state index is 2.56. The fraction of sp³-hybridized carbons (Fsp3) is 1.00. The fourth-order valence-corrected chi connectivity index (χ4v) is 5.28. The predicted molar refractivity (Wildman–Crippen MR) is 126 cm³/mol. The molecular weight excluding hydrogens is 324 g/mol. The fourth-order valence-electron chi connectivity index (χ4n) is 5.28. The molecule has 0 rings (SSSR count). The summed E-state index contributed by atoms with van der Waals surface area (Å²) >= 11 is 0. The van der Waals surface area contributed by atoms with E-state index in [0.717, 1.165) is 41.4 Å². The smallest absolute Gasteiger partial charge is 0.0300 e. The molecule has 0 aliphatic rings. The molecule has 0 spiro atoms. The Bertz CT molecular complexity index is 387. The van der Waals surface area contributed by atoms with Gasteiger partial charge in [0.15, 0.2) is 0 Å². The molecular formula is C27H56. The molecule has 4 unspecified atom stereocenters. The Labute approximate surface area is 174 Å². The minimum Gasteiger partial charge on any atom is -0.0628 e. The summed E-state index contributed by atoms with van der Waals surface area (Å²) in [6, 6.07) is 0. The molecule has 0 nitrogen and oxygen atoms in total. The van der Waals surface area contributed by atoms with Crippen LogP contribution in [0.1, 0.15) is 122 Å². The lowest BCUT2D eigenvalue weighted by Gasteiger charge is -2.43. The predicted octanol–water partition coefficient (Wildman–Crippen LogP) is 9.48. The average molecular weight is 381 g/mol. The molecule has 0 aliphatic carbocycles. The van der Waals surface area contributed by atoms with Crippen molar-refractivity contribution in [2.24, 2.45) is 52.3 Å². The molecule has 0 saturated carbocycles. The molecule has 0 N–H and O–H groups in total. The van der Waals surface area contributed by atoms with Crippen LogP contribution in [-0.2, 0) is 0 Å². The molecule has 0 aromatic heterocycles. The van der Waals surface area contributed by atoms with Gasteiger partial charge >= 0.3 is 0 Å². The molecule has 0 fully saturated rings. The van der Waals surface area contributed by atoms with E-state index < -0.39 is 0 Å². The van der Waals surface area contributed by atoms with Gasteiger partial charge in [-0.2, -0.15) is 0 Å². The minimum absolute atomic E-state index is 0.427. The number of hydrogen-bond donors (Lipinski definition) is 0. The molecule has 0 aromatic carbocycles. The van der Waals surface area contributed by atoms with Gasteiger partial charge in [-0.25, -0.2) is 0 Å². The van der Waals surface area contributed by atoms with Gasteiger partial charge in [-0.05, 0) is 84.4 Å². The first-order valence-electron chi connectivity index (χ1n) is 12.1. The van der Waals surface area contributed by atoms with E-state index >= 15 is 0 Å². The van der Waals surface area contributed by atoms with Gasteiger partial charge < -0.3 is 0 Å². The first kappa shape index (κ1) is 27.0. The molecule has 27 heavy (non-hydrogen) atoms. The Morgan fingerprint density at radius 1 is 0.630 bits per heavy atom. The van der Waals surface area contributed by atoms with E-state index in [1.807, 2.05) is 0 Å². The third-order valence-electron chi connectivity index (χ3n) is 7.99. The van der Waals surface area contributed by atoms with Gasteiger partial charge in [0.2, 0.25) is 0 Å². The Morgan fingerprint density at radius 3 is 1.52 bits per heavy atom. The molecule has 0 amide bonds. The van der Waals surface area contributed by atoms with Crippen LogP contribution in [0, 0.1) is 52.3 Å². The molecule has 4 atom stereocenters. The minimum atomic E-state index is 0.427. The first-order chi connectivity index (χ1) is 12.1. The summed E-state index contributed by atoms with van der Waals surface area (Å²) in [6.07, 6.45) is 6.87. The molecule has 0 aliphatic heterocycles. The summed E-state index contributed by atoms with van der Waals surface area (Å²) in [5.74, 6) is 5.63. The molecule has 0 radical (unpaired) electrons. The van der Waals surface area contributed by atoms with E-state index in [-0.39, 0.29) is 0 Å². The quantitative estimate of drug-likeness (QED) is 0.298. The van der Waals surface area contributed by atoms with Crippen LogP contribution in [-0.4, -0.2) is 0 Å². The zero-order chi connectivity index (χ0) is 21.6. The highest BCUT2D eigenvalue weighted by Gasteiger charge is 2.37. The van der Waals surface area contributed by atoms with E-state index in [4.69, 9.17) is 0 Å². The van der Waals surface area contributed by atoms with Crippen LogP contribution in [0.2, 0.25) is 0 Å². The SMILES string of the molecule is CC(C)CC(C)(CCC(C)(C)C(CC(C)CC(C)C(C)C)C(C)C)C(C)C. The van der Waals surface area contributed by atoms with Crippen molar-refractivity contribution >= 4 is 0 Å². The molecule has 0 saturated heterocycles. The van der Waals surface area contributed by atoms with Gasteiger partial charge in [-0.3, -0.25) is 0 Å². The van der Waals surface area contributed by atoms with Gasteiger partial charge in [0.05, 0.1) is 0 Å². The summed E-state index contributed by atoms with van der Waals surface area (Å²) in [5, 5.41) is 0. The summed E-state index contributed by atoms with van der Waals surface area (Å²) in [4.78, 5) is 0. The van der Waals surface area contributed by atoms with E-state index in [2.05, 4.69) is 90.0 Å². The summed E-state index contributed by atoms with van der Waals surface area (Å²) in [7, 11) is 0. The largest absolute Gasteiger partial charge is 0.0628 e. The molecule has 0 heterocycles. The Kier molecular flexibility index (Phi) is 11.3. The third-order valence-corrected chi connectivity index (χ3v) is 7.99. The highest BCUT2D eigenvalue weighted by Crippen LogP contribution is 2.47. The van der Waals surface area contributed by atoms with Crippen LogP contribution < -0.4 is 0 Å². The second kappa shape index (κ2) is 11.3. The lowest BCUT2D eigenvalue weighted by molar-refractivity contribution is 0.0695. The molecule has 0 bridgehead atoms. The van der Waals surface area contributed by atoms with Crippen molar-refractivity contribution < 1.29 is 0 Å². The molecule has 0 heteroatoms. The second-order valence-corrected chi connectivity index (χ2v) is 12.5. The highest BCUT2D eigenvalue weighted by atomic mass is 14.4. The second-order valence-electron chi connectivity index (χ2n) is 12.5. The molecule has 0 aromatic rings. The Balaban J connectivity index is 5.12. The van der Waals surface area contributed by atoms with Crippen LogP contribution in [0.25, 0.3) is 0 Å². The van der Waals surface area contributed by atoms with Crippen molar-refractivity contribution in [3.8, 4) is 0 Å². The van der Waals surface area contributed by atoms with Crippen LogP contribution in [0.4, 0.5) is 0 Å². The van der Waals surface area contributed by atoms with Gasteiger partial charge in [-0.1, -0.05) is 90.0 Å². The van der Waals surface area contributed by atoms with Gasteiger partial charge in [-0.15, -0.1) is 0 Å². The van der Waals surface area contributed by atoms with Crippen LogP contribution in [0.5, 0.6) is 0 Å². The normalized spacial score (nSPS) is 19.0. The summed E-state index contributed by atoms with van der Waals surface area (Å²) in [5.41, 5.74) is 0.904. The van der Waals surface area contributed by atoms with Crippen molar-refractivity contribution in [2.75, 3.05) is 0 Å². The zero-order valence-electron chi connectivity index (χ0n) is 21.6. The van der Waals surface area contributed by atoms with Crippen molar-refractivity contribution in [2.45, 2.75) is 122 Å². The topological polar surface area (TPSA) is 0 Å². The van der Waals surface area contributed by atoms with Crippen LogP contribution in [0.15, 0.2) is 0 Å². The maximum absolute atomic E-state index is 2.56. The van der Waals surface area contributed by atoms with Gasteiger partial charge in [0, 0.05) is 0 Å². The lowest BCUT2D eigenvalue weighted by atomic mass is 9.62. The van der Waals surface area contributed by atoms with Crippen molar-refractivity contribution in [1.29, 1.82) is 0 Å². The monoisotopic (exact) mass is 380 g/mol. The lowest BCUT2D eigenvalue weighted by Crippen LogP contribution is -2.34. The van der Waals surface area contributed by atoms with E-state index in [1.54, 1.807) is 0 Å². The maximum Gasteiger partial charge on any atom is -0.0300 e. The number of hydrogen-bond acceptors (Lipinski definition) is 0. The Morgan fingerprint density at radius 2 is 1.15 bits per heavy atom. The summed E-state index contributed by atoms with van der Waals surface area (Å²) < 4.78 is 0. The van der Waals surface area contributed by atoms with E-state index in [1.165, 1.54) is 32.1 Å². The van der Waals surface area contributed by atoms with Crippen molar-refractivity contribution in [1.82, 2.24) is 0 Å². The van der Waals surface area contributed by atoms with Gasteiger partial charge in [0.25, 0.3) is 0 Å². The van der Waals surface area contributed by atoms with Crippen LogP contribution in [0.3, 0.4) is 0 Å². The highest BCUT2D eigenvalue weighted by molar-refractivity contribution is 4.87. The van der Waals surface area contributed by atoms with Crippen LogP contribution >= 0.6 is 0 Å². The summed E-state index contributed by atoms with van der Waals surface area (Å²) in [6.45, 7) is 31.9. The average Bonchev–Trinajstić information content (AvgIpc) is 2.49. The standard InChI is InChI=1S/C27H56/c1-19(2)18-27(13,22(7)8)15-14-26(11,12)25(21(5)6)17-23(9)16-24(10)20(3)4/h19-25H,14-18H2,1-13H3. The van der Waals surface area contributed by atoms with Crippen molar-refractivity contribution in [3.63, 3.8) is 0 Å². The molecule has 164 valence electrons. The number of rotatable bonds is 13. The third kappa shape index (κ3) is 9.36. The zero-order valence-corrected chi connectivity index (χ0v) is 21.6. The van der Waals surface area contributed by atoms with E-state index in [9.17, 15) is 0 Å². The van der Waals surface area contributed by atoms with Gasteiger partial charge in [0.1, 0.15) is 0 Å².